The van der Waals surface area contributed by atoms with Crippen LogP contribution in [-0.2, 0) is 27.5 Å². The molecule has 0 saturated heterocycles. The minimum Gasteiger partial charge on any atom is -0.500 e. The Morgan fingerprint density at radius 3 is 2.56 bits per heavy atom. The highest BCUT2D eigenvalue weighted by Gasteiger charge is 2.13. The number of aromatic nitrogens is 1. The monoisotopic (exact) mass is 497 g/mol. The Morgan fingerprint density at radius 2 is 1.82 bits per heavy atom. The predicted octanol–water partition coefficient (Wildman–Crippen LogP) is 6.64. The average molecular weight is 498 g/mol. The Bertz CT molecular complexity index is 1100. The first-order valence-electron chi connectivity index (χ1n) is 11.0. The molecule has 0 aliphatic rings. The second kappa shape index (κ2) is 13.7. The van der Waals surface area contributed by atoms with Crippen LogP contribution in [0.5, 0.6) is 5.75 Å². The number of rotatable bonds is 13. The van der Waals surface area contributed by atoms with Gasteiger partial charge in [-0.25, -0.2) is 4.79 Å². The predicted molar refractivity (Wildman–Crippen MR) is 138 cm³/mol. The molecule has 0 fully saturated rings. The maximum absolute atomic E-state index is 11.8. The van der Waals surface area contributed by atoms with Crippen molar-refractivity contribution in [3.63, 3.8) is 0 Å². The summed E-state index contributed by atoms with van der Waals surface area (Å²) < 4.78 is 10.7. The lowest BCUT2D eigenvalue weighted by Gasteiger charge is -2.08. The van der Waals surface area contributed by atoms with Gasteiger partial charge < -0.3 is 14.6 Å². The minimum absolute atomic E-state index is 0.0492. The molecular weight excluding hydrogens is 470 g/mol. The first-order chi connectivity index (χ1) is 16.6. The molecule has 0 amide bonds. The van der Waals surface area contributed by atoms with E-state index in [0.29, 0.717) is 18.1 Å². The third-order valence-electron chi connectivity index (χ3n) is 5.12. The van der Waals surface area contributed by atoms with Crippen LogP contribution in [0.1, 0.15) is 35.4 Å². The van der Waals surface area contributed by atoms with Gasteiger partial charge in [0.1, 0.15) is 11.3 Å². The topological polar surface area (TPSA) is 68.7 Å². The van der Waals surface area contributed by atoms with E-state index in [4.69, 9.17) is 21.1 Å². The quantitative estimate of drug-likeness (QED) is 0.162. The minimum atomic E-state index is -1.06. The number of hydrogen-bond donors (Lipinski definition) is 1. The van der Waals surface area contributed by atoms with Crippen LogP contribution in [-0.4, -0.2) is 29.8 Å². The Hall–Kier alpha value is -2.96. The molecule has 0 spiro atoms. The molecule has 7 heteroatoms. The molecule has 0 atom stereocenters. The molecule has 3 rings (SSSR count). The van der Waals surface area contributed by atoms with Crippen molar-refractivity contribution in [1.29, 1.82) is 0 Å². The second-order valence-electron chi connectivity index (χ2n) is 7.61. The standard InChI is InChI=1S/C27H28ClNO4S/c1-32-23-14-12-20(13-15-23)7-4-5-16-33-17-24(27(30)31)26-11-6-9-22(29-26)19-34-18-21-8-2-3-10-25(21)28/h2-3,6,8-15,17H,4-5,7,16,18-19H2,1H3,(H,30,31). The number of aliphatic carboxylic acids is 1. The molecule has 1 aromatic heterocycles. The summed E-state index contributed by atoms with van der Waals surface area (Å²) in [6, 6.07) is 21.1. The number of carbonyl (C=O) groups is 1. The van der Waals surface area contributed by atoms with Gasteiger partial charge in [0.2, 0.25) is 0 Å². The van der Waals surface area contributed by atoms with Crippen molar-refractivity contribution in [2.45, 2.75) is 30.8 Å². The van der Waals surface area contributed by atoms with Crippen LogP contribution in [0, 0.1) is 0 Å². The average Bonchev–Trinajstić information content (AvgIpc) is 2.85. The van der Waals surface area contributed by atoms with E-state index in [1.165, 1.54) is 11.8 Å². The third-order valence-corrected chi connectivity index (χ3v) is 6.50. The van der Waals surface area contributed by atoms with Gasteiger partial charge in [0.05, 0.1) is 31.4 Å². The summed E-state index contributed by atoms with van der Waals surface area (Å²) in [5.74, 6) is 1.19. The Balaban J connectivity index is 1.48. The van der Waals surface area contributed by atoms with Gasteiger partial charge in [-0.15, -0.1) is 0 Å². The lowest BCUT2D eigenvalue weighted by atomic mass is 10.1. The van der Waals surface area contributed by atoms with Crippen molar-refractivity contribution in [2.75, 3.05) is 13.7 Å². The van der Waals surface area contributed by atoms with E-state index in [1.54, 1.807) is 24.9 Å². The molecule has 0 unspecified atom stereocenters. The van der Waals surface area contributed by atoms with Gasteiger partial charge in [0.25, 0.3) is 0 Å². The number of carboxylic acid groups (broad SMARTS) is 1. The molecule has 2 aromatic carbocycles. The van der Waals surface area contributed by atoms with Crippen LogP contribution in [0.2, 0.25) is 5.02 Å². The molecule has 0 bridgehead atoms. The largest absolute Gasteiger partial charge is 0.500 e. The number of methoxy groups -OCH3 is 1. The van der Waals surface area contributed by atoms with Crippen LogP contribution >= 0.6 is 23.4 Å². The summed E-state index contributed by atoms with van der Waals surface area (Å²) >= 11 is 7.89. The fourth-order valence-corrected chi connectivity index (χ4v) is 4.49. The molecule has 0 saturated carbocycles. The van der Waals surface area contributed by atoms with Gasteiger partial charge in [-0.3, -0.25) is 4.98 Å². The van der Waals surface area contributed by atoms with Crippen molar-refractivity contribution in [2.24, 2.45) is 0 Å². The first-order valence-corrected chi connectivity index (χ1v) is 12.6. The van der Waals surface area contributed by atoms with E-state index in [9.17, 15) is 9.90 Å². The Kier molecular flexibility index (Phi) is 10.3. The number of aryl methyl sites for hydroxylation is 1. The zero-order valence-electron chi connectivity index (χ0n) is 19.1. The van der Waals surface area contributed by atoms with Gasteiger partial charge in [0, 0.05) is 16.5 Å². The fourth-order valence-electron chi connectivity index (χ4n) is 3.26. The van der Waals surface area contributed by atoms with Crippen LogP contribution in [0.4, 0.5) is 0 Å². The van der Waals surface area contributed by atoms with Crippen molar-refractivity contribution in [3.05, 3.63) is 101 Å². The van der Waals surface area contributed by atoms with Gasteiger partial charge in [-0.1, -0.05) is 48.0 Å². The van der Waals surface area contributed by atoms with E-state index in [1.807, 2.05) is 60.7 Å². The fraction of sp³-hybridized carbons (Fsp3) is 0.259. The highest BCUT2D eigenvalue weighted by Crippen LogP contribution is 2.23. The van der Waals surface area contributed by atoms with Crippen molar-refractivity contribution in [1.82, 2.24) is 4.98 Å². The lowest BCUT2D eigenvalue weighted by Crippen LogP contribution is -2.04. The molecule has 0 aliphatic heterocycles. The summed E-state index contributed by atoms with van der Waals surface area (Å²) in [5, 5.41) is 10.4. The SMILES string of the molecule is COc1ccc(CCCCOC=C(C(=O)O)c2cccc(CSCc3ccccc3Cl)n2)cc1. The number of carboxylic acids is 1. The molecule has 0 aliphatic carbocycles. The first kappa shape index (κ1) is 25.7. The van der Waals surface area contributed by atoms with Crippen LogP contribution in [0.3, 0.4) is 0 Å². The smallest absolute Gasteiger partial charge is 0.341 e. The number of thioether (sulfide) groups is 1. The van der Waals surface area contributed by atoms with Crippen molar-refractivity contribution < 1.29 is 19.4 Å². The molecule has 3 aromatic rings. The van der Waals surface area contributed by atoms with Gasteiger partial charge in [0.15, 0.2) is 0 Å². The van der Waals surface area contributed by atoms with E-state index in [-0.39, 0.29) is 5.57 Å². The van der Waals surface area contributed by atoms with Gasteiger partial charge >= 0.3 is 5.97 Å². The van der Waals surface area contributed by atoms with Crippen LogP contribution in [0.25, 0.3) is 5.57 Å². The van der Waals surface area contributed by atoms with E-state index in [2.05, 4.69) is 4.98 Å². The second-order valence-corrected chi connectivity index (χ2v) is 9.00. The molecule has 34 heavy (non-hydrogen) atoms. The van der Waals surface area contributed by atoms with Gasteiger partial charge in [-0.2, -0.15) is 11.8 Å². The number of halogens is 1. The van der Waals surface area contributed by atoms with E-state index >= 15 is 0 Å². The maximum atomic E-state index is 11.8. The molecule has 0 radical (unpaired) electrons. The number of hydrogen-bond acceptors (Lipinski definition) is 5. The molecule has 1 N–H and O–H groups in total. The Labute approximate surface area is 209 Å². The summed E-state index contributed by atoms with van der Waals surface area (Å²) in [4.78, 5) is 16.3. The third kappa shape index (κ3) is 8.12. The summed E-state index contributed by atoms with van der Waals surface area (Å²) in [5.41, 5.74) is 3.55. The van der Waals surface area contributed by atoms with Crippen LogP contribution < -0.4 is 4.74 Å². The lowest BCUT2D eigenvalue weighted by molar-refractivity contribution is -0.130. The number of pyridine rings is 1. The molecule has 178 valence electrons. The zero-order valence-corrected chi connectivity index (χ0v) is 20.6. The number of ether oxygens (including phenoxy) is 2. The Morgan fingerprint density at radius 1 is 1.03 bits per heavy atom. The number of nitrogens with zero attached hydrogens (tertiary/aromatic N) is 1. The summed E-state index contributed by atoms with van der Waals surface area (Å²) in [7, 11) is 1.65. The number of unbranched alkanes of at least 4 members (excludes halogenated alkanes) is 1. The zero-order chi connectivity index (χ0) is 24.2. The van der Waals surface area contributed by atoms with E-state index < -0.39 is 5.97 Å². The van der Waals surface area contributed by atoms with Crippen molar-refractivity contribution >= 4 is 34.9 Å². The summed E-state index contributed by atoms with van der Waals surface area (Å²) in [6.45, 7) is 0.445. The van der Waals surface area contributed by atoms with Gasteiger partial charge in [-0.05, 0) is 60.7 Å². The summed E-state index contributed by atoms with van der Waals surface area (Å²) in [6.07, 6.45) is 4.00. The molecular formula is C27H28ClNO4S. The van der Waals surface area contributed by atoms with E-state index in [0.717, 1.165) is 47.0 Å². The normalized spacial score (nSPS) is 11.3. The van der Waals surface area contributed by atoms with Crippen molar-refractivity contribution in [3.8, 4) is 5.75 Å². The molecule has 1 heterocycles. The molecule has 5 nitrogen and oxygen atoms in total. The maximum Gasteiger partial charge on any atom is 0.341 e. The van der Waals surface area contributed by atoms with Crippen LogP contribution in [0.15, 0.2) is 73.0 Å². The highest BCUT2D eigenvalue weighted by atomic mass is 35.5. The number of benzene rings is 2. The highest BCUT2D eigenvalue weighted by molar-refractivity contribution is 7.97.